The van der Waals surface area contributed by atoms with Crippen LogP contribution in [0.25, 0.3) is 0 Å². The van der Waals surface area contributed by atoms with E-state index in [1.807, 2.05) is 6.92 Å². The lowest BCUT2D eigenvalue weighted by molar-refractivity contribution is -0.120. The number of hydrogen-bond acceptors (Lipinski definition) is 2. The van der Waals surface area contributed by atoms with Gasteiger partial charge in [-0.1, -0.05) is 13.8 Å². The second kappa shape index (κ2) is 5.02. The Kier molecular flexibility index (Phi) is 3.96. The summed E-state index contributed by atoms with van der Waals surface area (Å²) in [5, 5.41) is 4.96. The maximum Gasteiger partial charge on any atom is 0.220 e. The van der Waals surface area contributed by atoms with Crippen molar-refractivity contribution in [1.29, 1.82) is 0 Å². The van der Waals surface area contributed by atoms with Crippen LogP contribution in [0.15, 0.2) is 11.4 Å². The highest BCUT2D eigenvalue weighted by molar-refractivity contribution is 7.10. The monoisotopic (exact) mass is 197 g/mol. The maximum atomic E-state index is 11.0. The van der Waals surface area contributed by atoms with Gasteiger partial charge < -0.3 is 5.32 Å². The maximum absolute atomic E-state index is 11.0. The van der Waals surface area contributed by atoms with Gasteiger partial charge in [0.15, 0.2) is 0 Å². The van der Waals surface area contributed by atoms with E-state index in [4.69, 9.17) is 0 Å². The molecule has 0 saturated heterocycles. The molecule has 0 fully saturated rings. The van der Waals surface area contributed by atoms with Gasteiger partial charge in [-0.25, -0.2) is 0 Å². The van der Waals surface area contributed by atoms with Crippen LogP contribution in [0.3, 0.4) is 0 Å². The van der Waals surface area contributed by atoms with Crippen LogP contribution in [0.1, 0.15) is 30.7 Å². The zero-order chi connectivity index (χ0) is 9.68. The van der Waals surface area contributed by atoms with Crippen molar-refractivity contribution in [2.75, 3.05) is 0 Å². The third kappa shape index (κ3) is 2.84. The van der Waals surface area contributed by atoms with Crippen LogP contribution in [0, 0.1) is 0 Å². The smallest absolute Gasteiger partial charge is 0.220 e. The molecule has 1 rings (SSSR count). The second-order valence-corrected chi connectivity index (χ2v) is 3.85. The van der Waals surface area contributed by atoms with Crippen molar-refractivity contribution in [3.8, 4) is 0 Å². The fraction of sp³-hybridized carbons (Fsp3) is 0.500. The molecule has 72 valence electrons. The lowest BCUT2D eigenvalue weighted by Gasteiger charge is -2.03. The van der Waals surface area contributed by atoms with E-state index in [0.29, 0.717) is 13.0 Å². The first-order valence-corrected chi connectivity index (χ1v) is 5.47. The molecule has 0 aliphatic heterocycles. The Labute approximate surface area is 83.0 Å². The molecule has 0 aliphatic carbocycles. The number of amides is 1. The van der Waals surface area contributed by atoms with Gasteiger partial charge in [-0.3, -0.25) is 4.79 Å². The zero-order valence-electron chi connectivity index (χ0n) is 8.09. The minimum Gasteiger partial charge on any atom is -0.351 e. The molecule has 1 aromatic rings. The summed E-state index contributed by atoms with van der Waals surface area (Å²) in [5.74, 6) is 0.121. The molecule has 1 amide bonds. The standard InChI is InChI=1S/C10H15NOS/c1-3-8-5-6-13-9(8)7-11-10(12)4-2/h5-6H,3-4,7H2,1-2H3,(H,11,12). The fourth-order valence-electron chi connectivity index (χ4n) is 1.14. The molecule has 1 heterocycles. The van der Waals surface area contributed by atoms with Gasteiger partial charge in [0, 0.05) is 11.3 Å². The third-order valence-electron chi connectivity index (χ3n) is 1.99. The van der Waals surface area contributed by atoms with Gasteiger partial charge in [0.25, 0.3) is 0 Å². The molecular formula is C10H15NOS. The molecule has 0 saturated carbocycles. The molecule has 0 aromatic carbocycles. The Hall–Kier alpha value is -0.830. The van der Waals surface area contributed by atoms with Crippen LogP contribution < -0.4 is 5.32 Å². The van der Waals surface area contributed by atoms with E-state index in [-0.39, 0.29) is 5.91 Å². The van der Waals surface area contributed by atoms with Crippen molar-refractivity contribution in [2.24, 2.45) is 0 Å². The molecule has 1 aromatic heterocycles. The summed E-state index contributed by atoms with van der Waals surface area (Å²) in [6.45, 7) is 4.69. The number of thiophene rings is 1. The van der Waals surface area contributed by atoms with Gasteiger partial charge >= 0.3 is 0 Å². The van der Waals surface area contributed by atoms with Crippen LogP contribution in [-0.2, 0) is 17.8 Å². The zero-order valence-corrected chi connectivity index (χ0v) is 8.91. The second-order valence-electron chi connectivity index (χ2n) is 2.85. The van der Waals surface area contributed by atoms with Crippen LogP contribution in [0.5, 0.6) is 0 Å². The Morgan fingerprint density at radius 2 is 2.31 bits per heavy atom. The van der Waals surface area contributed by atoms with E-state index in [1.165, 1.54) is 10.4 Å². The topological polar surface area (TPSA) is 29.1 Å². The Morgan fingerprint density at radius 1 is 1.54 bits per heavy atom. The summed E-state index contributed by atoms with van der Waals surface area (Å²) >= 11 is 1.71. The van der Waals surface area contributed by atoms with E-state index < -0.39 is 0 Å². The highest BCUT2D eigenvalue weighted by Gasteiger charge is 2.03. The molecule has 1 N–H and O–H groups in total. The van der Waals surface area contributed by atoms with Crippen molar-refractivity contribution in [3.05, 3.63) is 21.9 Å². The first-order valence-electron chi connectivity index (χ1n) is 4.59. The molecule has 0 bridgehead atoms. The predicted octanol–water partition coefficient (Wildman–Crippen LogP) is 2.34. The largest absolute Gasteiger partial charge is 0.351 e. The average molecular weight is 197 g/mol. The van der Waals surface area contributed by atoms with Gasteiger partial charge in [-0.15, -0.1) is 11.3 Å². The summed E-state index contributed by atoms with van der Waals surface area (Å²) < 4.78 is 0. The van der Waals surface area contributed by atoms with E-state index >= 15 is 0 Å². The van der Waals surface area contributed by atoms with Crippen molar-refractivity contribution in [1.82, 2.24) is 5.32 Å². The lowest BCUT2D eigenvalue weighted by Crippen LogP contribution is -2.21. The Morgan fingerprint density at radius 3 is 2.92 bits per heavy atom. The summed E-state index contributed by atoms with van der Waals surface area (Å²) in [4.78, 5) is 12.3. The molecule has 0 radical (unpaired) electrons. The van der Waals surface area contributed by atoms with Crippen LogP contribution in [-0.4, -0.2) is 5.91 Å². The first-order chi connectivity index (χ1) is 6.27. The van der Waals surface area contributed by atoms with E-state index in [9.17, 15) is 4.79 Å². The highest BCUT2D eigenvalue weighted by Crippen LogP contribution is 2.16. The average Bonchev–Trinajstić information content (AvgIpc) is 2.61. The van der Waals surface area contributed by atoms with Crippen LogP contribution in [0.4, 0.5) is 0 Å². The van der Waals surface area contributed by atoms with Crippen LogP contribution >= 0.6 is 11.3 Å². The van der Waals surface area contributed by atoms with Crippen molar-refractivity contribution in [3.63, 3.8) is 0 Å². The lowest BCUT2D eigenvalue weighted by atomic mass is 10.2. The van der Waals surface area contributed by atoms with Gasteiger partial charge in [-0.2, -0.15) is 0 Å². The van der Waals surface area contributed by atoms with E-state index in [2.05, 4.69) is 23.7 Å². The molecule has 0 atom stereocenters. The number of hydrogen-bond donors (Lipinski definition) is 1. The minimum absolute atomic E-state index is 0.121. The molecular weight excluding hydrogens is 182 g/mol. The van der Waals surface area contributed by atoms with Gasteiger partial charge in [0.2, 0.25) is 5.91 Å². The normalized spacial score (nSPS) is 10.0. The molecule has 13 heavy (non-hydrogen) atoms. The number of rotatable bonds is 4. The number of carbonyl (C=O) groups excluding carboxylic acids is 1. The molecule has 3 heteroatoms. The van der Waals surface area contributed by atoms with Gasteiger partial charge in [0.1, 0.15) is 0 Å². The highest BCUT2D eigenvalue weighted by atomic mass is 32.1. The molecule has 0 aliphatic rings. The quantitative estimate of drug-likeness (QED) is 0.788. The fourth-order valence-corrected chi connectivity index (χ4v) is 2.06. The van der Waals surface area contributed by atoms with Crippen LogP contribution in [0.2, 0.25) is 0 Å². The summed E-state index contributed by atoms with van der Waals surface area (Å²) in [6.07, 6.45) is 1.60. The Bertz CT molecular complexity index is 280. The molecule has 2 nitrogen and oxygen atoms in total. The summed E-state index contributed by atoms with van der Waals surface area (Å²) in [7, 11) is 0. The predicted molar refractivity (Wildman–Crippen MR) is 55.8 cm³/mol. The van der Waals surface area contributed by atoms with Gasteiger partial charge in [0.05, 0.1) is 6.54 Å². The molecule has 0 spiro atoms. The van der Waals surface area contributed by atoms with Crippen molar-refractivity contribution >= 4 is 17.2 Å². The minimum atomic E-state index is 0.121. The molecule has 0 unspecified atom stereocenters. The SMILES string of the molecule is CCC(=O)NCc1sccc1CC. The van der Waals surface area contributed by atoms with E-state index in [1.54, 1.807) is 11.3 Å². The summed E-state index contributed by atoms with van der Waals surface area (Å²) in [6, 6.07) is 2.12. The Balaban J connectivity index is 2.49. The number of carbonyl (C=O) groups is 1. The van der Waals surface area contributed by atoms with Crippen molar-refractivity contribution in [2.45, 2.75) is 33.2 Å². The third-order valence-corrected chi connectivity index (χ3v) is 2.95. The van der Waals surface area contributed by atoms with E-state index in [0.717, 1.165) is 6.42 Å². The van der Waals surface area contributed by atoms with Crippen molar-refractivity contribution < 1.29 is 4.79 Å². The first kappa shape index (κ1) is 10.3. The number of nitrogens with one attached hydrogen (secondary N) is 1. The summed E-state index contributed by atoms with van der Waals surface area (Å²) in [5.41, 5.74) is 1.35. The van der Waals surface area contributed by atoms with Gasteiger partial charge in [-0.05, 0) is 23.4 Å². The number of aryl methyl sites for hydroxylation is 1.